The molecular formula is C11H14N4. The Morgan fingerprint density at radius 3 is 2.87 bits per heavy atom. The molecule has 0 aliphatic heterocycles. The third-order valence-electron chi connectivity index (χ3n) is 2.16. The Balaban J connectivity index is 2.05. The predicted molar refractivity (Wildman–Crippen MR) is 58.3 cm³/mol. The first kappa shape index (κ1) is 9.86. The maximum atomic E-state index is 5.46. The minimum absolute atomic E-state index is 0.639. The molecule has 2 rings (SSSR count). The normalized spacial score (nSPS) is 10.5. The number of nitrogens with zero attached hydrogens (tertiary/aromatic N) is 3. The number of nitrogens with two attached hydrogens (primary N) is 1. The lowest BCUT2D eigenvalue weighted by molar-refractivity contribution is 0.771. The van der Waals surface area contributed by atoms with Crippen LogP contribution in [0.25, 0.3) is 0 Å². The molecule has 0 unspecified atom stereocenters. The van der Waals surface area contributed by atoms with Gasteiger partial charge in [0.05, 0.1) is 24.3 Å². The van der Waals surface area contributed by atoms with E-state index in [4.69, 9.17) is 5.73 Å². The summed E-state index contributed by atoms with van der Waals surface area (Å²) in [5.41, 5.74) is 7.53. The number of imidazole rings is 1. The van der Waals surface area contributed by atoms with E-state index < -0.39 is 0 Å². The molecule has 2 N–H and O–H groups in total. The Morgan fingerprint density at radius 2 is 2.13 bits per heavy atom. The lowest BCUT2D eigenvalue weighted by Crippen LogP contribution is -2.03. The molecule has 0 amide bonds. The van der Waals surface area contributed by atoms with Gasteiger partial charge in [-0.3, -0.25) is 4.98 Å². The average molecular weight is 202 g/mol. The maximum absolute atomic E-state index is 5.46. The van der Waals surface area contributed by atoms with Crippen molar-refractivity contribution in [2.45, 2.75) is 13.0 Å². The fraction of sp³-hybridized carbons (Fsp3) is 0.273. The summed E-state index contributed by atoms with van der Waals surface area (Å²) < 4.78 is 2.02. The van der Waals surface area contributed by atoms with Gasteiger partial charge in [-0.2, -0.15) is 0 Å². The molecule has 0 saturated carbocycles. The maximum Gasteiger partial charge on any atom is 0.0953 e. The van der Waals surface area contributed by atoms with Crippen LogP contribution in [0, 0.1) is 0 Å². The van der Waals surface area contributed by atoms with E-state index in [1.165, 1.54) is 0 Å². The van der Waals surface area contributed by atoms with Crippen molar-refractivity contribution in [3.05, 3.63) is 48.3 Å². The molecule has 0 saturated heterocycles. The molecule has 0 fully saturated rings. The van der Waals surface area contributed by atoms with Crippen LogP contribution in [0.5, 0.6) is 0 Å². The molecule has 2 aromatic rings. The van der Waals surface area contributed by atoms with E-state index >= 15 is 0 Å². The highest BCUT2D eigenvalue weighted by Gasteiger charge is 1.98. The van der Waals surface area contributed by atoms with Gasteiger partial charge in [0.1, 0.15) is 0 Å². The largest absolute Gasteiger partial charge is 0.331 e. The zero-order valence-corrected chi connectivity index (χ0v) is 8.50. The van der Waals surface area contributed by atoms with E-state index in [1.54, 1.807) is 6.20 Å². The molecule has 0 aliphatic carbocycles. The summed E-state index contributed by atoms with van der Waals surface area (Å²) in [6.45, 7) is 1.40. The van der Waals surface area contributed by atoms with Crippen molar-refractivity contribution in [1.29, 1.82) is 0 Å². The number of aromatic nitrogens is 3. The van der Waals surface area contributed by atoms with Gasteiger partial charge in [-0.05, 0) is 18.7 Å². The minimum atomic E-state index is 0.639. The summed E-state index contributed by atoms with van der Waals surface area (Å²) in [4.78, 5) is 8.51. The average Bonchev–Trinajstić information content (AvgIpc) is 2.68. The summed E-state index contributed by atoms with van der Waals surface area (Å²) in [7, 11) is 0. The first-order valence-corrected chi connectivity index (χ1v) is 4.99. The van der Waals surface area contributed by atoms with Crippen LogP contribution in [-0.4, -0.2) is 21.1 Å². The monoisotopic (exact) mass is 202 g/mol. The van der Waals surface area contributed by atoms with Crippen molar-refractivity contribution in [1.82, 2.24) is 14.5 Å². The molecule has 0 atom stereocenters. The molecule has 2 aromatic heterocycles. The lowest BCUT2D eigenvalue weighted by atomic mass is 10.3. The highest BCUT2D eigenvalue weighted by atomic mass is 15.0. The van der Waals surface area contributed by atoms with E-state index in [9.17, 15) is 0 Å². The van der Waals surface area contributed by atoms with Crippen LogP contribution in [0.4, 0.5) is 0 Å². The van der Waals surface area contributed by atoms with Crippen LogP contribution in [0.3, 0.4) is 0 Å². The quantitative estimate of drug-likeness (QED) is 0.798. The Hall–Kier alpha value is -1.68. The van der Waals surface area contributed by atoms with Crippen LogP contribution in [0.1, 0.15) is 11.4 Å². The van der Waals surface area contributed by atoms with Gasteiger partial charge in [0, 0.05) is 18.8 Å². The lowest BCUT2D eigenvalue weighted by Gasteiger charge is -2.00. The highest BCUT2D eigenvalue weighted by Crippen LogP contribution is 2.01. The summed E-state index contributed by atoms with van der Waals surface area (Å²) in [5, 5.41) is 0. The molecule has 4 nitrogen and oxygen atoms in total. The number of pyridine rings is 1. The van der Waals surface area contributed by atoms with Gasteiger partial charge in [-0.15, -0.1) is 0 Å². The summed E-state index contributed by atoms with van der Waals surface area (Å²) in [6, 6.07) is 5.90. The van der Waals surface area contributed by atoms with Crippen LogP contribution < -0.4 is 5.73 Å². The van der Waals surface area contributed by atoms with Crippen LogP contribution in [0.2, 0.25) is 0 Å². The van der Waals surface area contributed by atoms with Crippen molar-refractivity contribution in [3.63, 3.8) is 0 Å². The minimum Gasteiger partial charge on any atom is -0.331 e. The standard InChI is InChI=1S/C11H14N4/c12-5-4-11-8-15(9-14-11)7-10-3-1-2-6-13-10/h1-3,6,8-9H,4-5,7,12H2. The van der Waals surface area contributed by atoms with Gasteiger partial charge in [-0.1, -0.05) is 6.07 Å². The second-order valence-corrected chi connectivity index (χ2v) is 3.40. The summed E-state index contributed by atoms with van der Waals surface area (Å²) in [5.74, 6) is 0. The highest BCUT2D eigenvalue weighted by molar-refractivity contribution is 5.06. The van der Waals surface area contributed by atoms with Crippen molar-refractivity contribution in [2.24, 2.45) is 5.73 Å². The van der Waals surface area contributed by atoms with Crippen LogP contribution in [0.15, 0.2) is 36.9 Å². The molecule has 0 spiro atoms. The zero-order chi connectivity index (χ0) is 10.5. The molecule has 78 valence electrons. The third kappa shape index (κ3) is 2.63. The molecule has 2 heterocycles. The van der Waals surface area contributed by atoms with Gasteiger partial charge < -0.3 is 10.3 Å². The SMILES string of the molecule is NCCc1cn(Cc2ccccn2)cn1. The number of rotatable bonds is 4. The van der Waals surface area contributed by atoms with Crippen molar-refractivity contribution in [3.8, 4) is 0 Å². The van der Waals surface area contributed by atoms with E-state index in [1.807, 2.05) is 35.3 Å². The summed E-state index contributed by atoms with van der Waals surface area (Å²) in [6.07, 6.45) is 6.46. The van der Waals surface area contributed by atoms with Crippen molar-refractivity contribution < 1.29 is 0 Å². The first-order valence-electron chi connectivity index (χ1n) is 4.99. The van der Waals surface area contributed by atoms with Crippen LogP contribution >= 0.6 is 0 Å². The smallest absolute Gasteiger partial charge is 0.0953 e. The molecule has 0 aliphatic rings. The number of hydrogen-bond donors (Lipinski definition) is 1. The summed E-state index contributed by atoms with van der Waals surface area (Å²) >= 11 is 0. The molecule has 15 heavy (non-hydrogen) atoms. The van der Waals surface area contributed by atoms with Gasteiger partial charge >= 0.3 is 0 Å². The van der Waals surface area contributed by atoms with Gasteiger partial charge in [0.25, 0.3) is 0 Å². The molecule has 0 bridgehead atoms. The predicted octanol–water partition coefficient (Wildman–Crippen LogP) is 0.828. The fourth-order valence-electron chi connectivity index (χ4n) is 1.45. The topological polar surface area (TPSA) is 56.7 Å². The molecule has 4 heteroatoms. The number of hydrogen-bond acceptors (Lipinski definition) is 3. The van der Waals surface area contributed by atoms with Crippen molar-refractivity contribution in [2.75, 3.05) is 6.54 Å². The van der Waals surface area contributed by atoms with E-state index in [-0.39, 0.29) is 0 Å². The Labute approximate surface area is 88.8 Å². The van der Waals surface area contributed by atoms with Gasteiger partial charge in [0.2, 0.25) is 0 Å². The Bertz CT molecular complexity index is 408. The van der Waals surface area contributed by atoms with Gasteiger partial charge in [-0.25, -0.2) is 4.98 Å². The van der Waals surface area contributed by atoms with Crippen LogP contribution in [-0.2, 0) is 13.0 Å². The zero-order valence-electron chi connectivity index (χ0n) is 8.50. The second kappa shape index (κ2) is 4.70. The second-order valence-electron chi connectivity index (χ2n) is 3.40. The first-order chi connectivity index (χ1) is 7.38. The van der Waals surface area contributed by atoms with E-state index in [0.717, 1.165) is 24.4 Å². The van der Waals surface area contributed by atoms with Gasteiger partial charge in [0.15, 0.2) is 0 Å². The Morgan fingerprint density at radius 1 is 1.20 bits per heavy atom. The molecule has 0 radical (unpaired) electrons. The van der Waals surface area contributed by atoms with Crippen molar-refractivity contribution >= 4 is 0 Å². The van der Waals surface area contributed by atoms with E-state index in [2.05, 4.69) is 9.97 Å². The fourth-order valence-corrected chi connectivity index (χ4v) is 1.45. The molecule has 0 aromatic carbocycles. The third-order valence-corrected chi connectivity index (χ3v) is 2.16. The Kier molecular flexibility index (Phi) is 3.09. The molecular weight excluding hydrogens is 188 g/mol. The van der Waals surface area contributed by atoms with E-state index in [0.29, 0.717) is 6.54 Å².